The number of hydrogen-bond donors (Lipinski definition) is 2. The van der Waals surface area contributed by atoms with Crippen LogP contribution in [0.3, 0.4) is 0 Å². The summed E-state index contributed by atoms with van der Waals surface area (Å²) in [5.41, 5.74) is 6.86. The molecule has 30 heavy (non-hydrogen) atoms. The Morgan fingerprint density at radius 2 is 1.93 bits per heavy atom. The third kappa shape index (κ3) is 4.17. The lowest BCUT2D eigenvalue weighted by atomic mass is 10.0. The predicted molar refractivity (Wildman–Crippen MR) is 119 cm³/mol. The molecular formula is C21H20Cl2N4O3. The Hall–Kier alpha value is -2.90. The molecule has 7 nitrogen and oxygen atoms in total. The third-order valence-corrected chi connectivity index (χ3v) is 5.39. The summed E-state index contributed by atoms with van der Waals surface area (Å²) in [5.74, 6) is -0.169. The lowest BCUT2D eigenvalue weighted by molar-refractivity contribution is 0.0977. The van der Waals surface area contributed by atoms with Crippen molar-refractivity contribution in [2.45, 2.75) is 26.2 Å². The van der Waals surface area contributed by atoms with Gasteiger partial charge in [-0.05, 0) is 24.6 Å². The van der Waals surface area contributed by atoms with E-state index >= 15 is 0 Å². The highest BCUT2D eigenvalue weighted by Gasteiger charge is 2.23. The number of amides is 1. The minimum Gasteiger partial charge on any atom is -0.495 e. The largest absolute Gasteiger partial charge is 0.495 e. The molecule has 3 aromatic rings. The van der Waals surface area contributed by atoms with E-state index in [2.05, 4.69) is 15.3 Å². The zero-order chi connectivity index (χ0) is 21.8. The number of rotatable bonds is 7. The molecule has 9 heteroatoms. The van der Waals surface area contributed by atoms with Crippen molar-refractivity contribution in [3.63, 3.8) is 0 Å². The van der Waals surface area contributed by atoms with Gasteiger partial charge in [-0.1, -0.05) is 42.6 Å². The van der Waals surface area contributed by atoms with Gasteiger partial charge in [0, 0.05) is 17.4 Å². The zero-order valence-electron chi connectivity index (χ0n) is 16.5. The molecule has 0 spiro atoms. The maximum Gasteiger partial charge on any atom is 0.257 e. The molecule has 156 valence electrons. The molecule has 1 amide bonds. The summed E-state index contributed by atoms with van der Waals surface area (Å²) in [6.45, 7) is 1.99. The molecule has 1 heterocycles. The lowest BCUT2D eigenvalue weighted by Gasteiger charge is -2.16. The number of methoxy groups -OCH3 is 1. The smallest absolute Gasteiger partial charge is 0.257 e. The molecule has 0 aliphatic carbocycles. The number of carbonyl (C=O) groups is 2. The number of nitrogens with two attached hydrogens (primary N) is 1. The standard InChI is InChI=1S/C21H20Cl2N4O3/c1-3-4-8-14(28)13-9-15(30-2)17(23)19(16(13)22)27-21(29)12-7-5-6-11-18(12)25-10-26-20(11)24/h5-7,9-10H,3-4,8H2,1-2H3,(H,27,29)(H2,24,25,26). The number of para-hydroxylation sites is 1. The number of nitrogen functional groups attached to an aromatic ring is 1. The van der Waals surface area contributed by atoms with Crippen LogP contribution in [0.4, 0.5) is 11.5 Å². The number of anilines is 2. The first-order chi connectivity index (χ1) is 14.4. The molecule has 0 fully saturated rings. The van der Waals surface area contributed by atoms with Crippen molar-refractivity contribution >= 4 is 57.3 Å². The molecular weight excluding hydrogens is 427 g/mol. The number of halogens is 2. The van der Waals surface area contributed by atoms with Gasteiger partial charge in [0.15, 0.2) is 5.78 Å². The molecule has 0 atom stereocenters. The van der Waals surface area contributed by atoms with Crippen molar-refractivity contribution in [3.8, 4) is 5.75 Å². The van der Waals surface area contributed by atoms with Crippen molar-refractivity contribution in [2.75, 3.05) is 18.2 Å². The highest BCUT2D eigenvalue weighted by Crippen LogP contribution is 2.41. The number of fused-ring (bicyclic) bond motifs is 1. The monoisotopic (exact) mass is 446 g/mol. The molecule has 0 radical (unpaired) electrons. The van der Waals surface area contributed by atoms with Crippen LogP contribution < -0.4 is 15.8 Å². The number of nitrogens with one attached hydrogen (secondary N) is 1. The minimum absolute atomic E-state index is 0.0598. The van der Waals surface area contributed by atoms with Crippen LogP contribution in [0.15, 0.2) is 30.6 Å². The summed E-state index contributed by atoms with van der Waals surface area (Å²) in [6, 6.07) is 6.48. The fourth-order valence-electron chi connectivity index (χ4n) is 3.02. The number of Topliss-reactive ketones (excluding diaryl/α,β-unsaturated/α-hetero) is 1. The highest BCUT2D eigenvalue weighted by molar-refractivity contribution is 6.43. The van der Waals surface area contributed by atoms with Crippen LogP contribution in [0, 0.1) is 0 Å². The second-order valence-corrected chi connectivity index (χ2v) is 7.33. The summed E-state index contributed by atoms with van der Waals surface area (Å²) in [5, 5.41) is 3.40. The molecule has 3 rings (SSSR count). The minimum atomic E-state index is -0.511. The van der Waals surface area contributed by atoms with Crippen molar-refractivity contribution < 1.29 is 14.3 Å². The van der Waals surface area contributed by atoms with Gasteiger partial charge < -0.3 is 15.8 Å². The van der Waals surface area contributed by atoms with Gasteiger partial charge in [0.05, 0.1) is 28.9 Å². The van der Waals surface area contributed by atoms with E-state index in [1.165, 1.54) is 19.5 Å². The summed E-state index contributed by atoms with van der Waals surface area (Å²) < 4.78 is 5.28. The van der Waals surface area contributed by atoms with E-state index in [0.29, 0.717) is 17.3 Å². The number of ether oxygens (including phenoxy) is 1. The SMILES string of the molecule is CCCCC(=O)c1cc(OC)c(Cl)c(NC(=O)c2cccc3c(N)ncnc23)c1Cl. The number of hydrogen-bond acceptors (Lipinski definition) is 6. The average molecular weight is 447 g/mol. The summed E-state index contributed by atoms with van der Waals surface area (Å²) in [4.78, 5) is 33.7. The number of ketones is 1. The number of unbranched alkanes of at least 4 members (excludes halogenated alkanes) is 1. The van der Waals surface area contributed by atoms with Gasteiger partial charge in [0.1, 0.15) is 22.9 Å². The zero-order valence-corrected chi connectivity index (χ0v) is 18.0. The fourth-order valence-corrected chi connectivity index (χ4v) is 3.64. The van der Waals surface area contributed by atoms with E-state index in [-0.39, 0.29) is 44.2 Å². The van der Waals surface area contributed by atoms with Crippen molar-refractivity contribution in [2.24, 2.45) is 0 Å². The average Bonchev–Trinajstić information content (AvgIpc) is 2.75. The summed E-state index contributed by atoms with van der Waals surface area (Å²) >= 11 is 12.9. The number of nitrogens with zero attached hydrogens (tertiary/aromatic N) is 2. The van der Waals surface area contributed by atoms with Crippen LogP contribution in [-0.2, 0) is 0 Å². The van der Waals surface area contributed by atoms with Gasteiger partial charge in [-0.2, -0.15) is 0 Å². The van der Waals surface area contributed by atoms with E-state index in [1.54, 1.807) is 18.2 Å². The third-order valence-electron chi connectivity index (χ3n) is 4.62. The Bertz CT molecular complexity index is 1130. The maximum absolute atomic E-state index is 13.0. The molecule has 0 aliphatic heterocycles. The van der Waals surface area contributed by atoms with Crippen LogP contribution in [0.1, 0.15) is 46.9 Å². The van der Waals surface area contributed by atoms with Gasteiger partial charge in [-0.3, -0.25) is 9.59 Å². The normalized spacial score (nSPS) is 10.8. The Kier molecular flexibility index (Phi) is 6.74. The molecule has 0 unspecified atom stereocenters. The van der Waals surface area contributed by atoms with Crippen LogP contribution >= 0.6 is 23.2 Å². The maximum atomic E-state index is 13.0. The topological polar surface area (TPSA) is 107 Å². The van der Waals surface area contributed by atoms with E-state index in [0.717, 1.165) is 12.8 Å². The van der Waals surface area contributed by atoms with Gasteiger partial charge in [0.2, 0.25) is 0 Å². The highest BCUT2D eigenvalue weighted by atomic mass is 35.5. The van der Waals surface area contributed by atoms with E-state index < -0.39 is 5.91 Å². The van der Waals surface area contributed by atoms with Gasteiger partial charge in [-0.15, -0.1) is 0 Å². The van der Waals surface area contributed by atoms with Gasteiger partial charge >= 0.3 is 0 Å². The first-order valence-corrected chi connectivity index (χ1v) is 10.0. The molecule has 2 aromatic carbocycles. The predicted octanol–water partition coefficient (Wildman–Crippen LogP) is 5.15. The number of carbonyl (C=O) groups excluding carboxylic acids is 2. The quantitative estimate of drug-likeness (QED) is 0.485. The Morgan fingerprint density at radius 3 is 2.63 bits per heavy atom. The van der Waals surface area contributed by atoms with E-state index in [9.17, 15) is 9.59 Å². The molecule has 0 aliphatic rings. The first kappa shape index (κ1) is 21.8. The van der Waals surface area contributed by atoms with Gasteiger partial charge in [0.25, 0.3) is 5.91 Å². The van der Waals surface area contributed by atoms with Crippen LogP contribution in [0.5, 0.6) is 5.75 Å². The second kappa shape index (κ2) is 9.28. The Balaban J connectivity index is 2.05. The van der Waals surface area contributed by atoms with Crippen molar-refractivity contribution in [1.82, 2.24) is 9.97 Å². The molecule has 1 aromatic heterocycles. The van der Waals surface area contributed by atoms with Gasteiger partial charge in [-0.25, -0.2) is 9.97 Å². The van der Waals surface area contributed by atoms with E-state index in [4.69, 9.17) is 33.7 Å². The number of aromatic nitrogens is 2. The second-order valence-electron chi connectivity index (χ2n) is 6.57. The van der Waals surface area contributed by atoms with Crippen molar-refractivity contribution in [3.05, 3.63) is 51.8 Å². The van der Waals surface area contributed by atoms with Crippen molar-refractivity contribution in [1.29, 1.82) is 0 Å². The molecule has 0 bridgehead atoms. The van der Waals surface area contributed by atoms with Crippen LogP contribution in [0.25, 0.3) is 10.9 Å². The molecule has 0 saturated heterocycles. The molecule has 3 N–H and O–H groups in total. The summed E-state index contributed by atoms with van der Waals surface area (Å²) in [6.07, 6.45) is 3.20. The first-order valence-electron chi connectivity index (χ1n) is 9.28. The molecule has 0 saturated carbocycles. The number of benzene rings is 2. The van der Waals surface area contributed by atoms with Crippen LogP contribution in [-0.4, -0.2) is 28.8 Å². The lowest BCUT2D eigenvalue weighted by Crippen LogP contribution is -2.15. The summed E-state index contributed by atoms with van der Waals surface area (Å²) in [7, 11) is 1.42. The van der Waals surface area contributed by atoms with E-state index in [1.807, 2.05) is 6.92 Å². The Labute approximate surface area is 183 Å². The van der Waals surface area contributed by atoms with Crippen LogP contribution in [0.2, 0.25) is 10.0 Å². The fraction of sp³-hybridized carbons (Fsp3) is 0.238. The Morgan fingerprint density at radius 1 is 1.17 bits per heavy atom.